The molecule has 0 bridgehead atoms. The predicted octanol–water partition coefficient (Wildman–Crippen LogP) is 10.6. The number of pyridine rings is 1. The fourth-order valence-corrected chi connectivity index (χ4v) is 6.77. The van der Waals surface area contributed by atoms with Gasteiger partial charge in [-0.15, -0.1) is 0 Å². The van der Waals surface area contributed by atoms with E-state index in [1.165, 1.54) is 33.0 Å². The van der Waals surface area contributed by atoms with Crippen molar-refractivity contribution in [2.24, 2.45) is 5.92 Å². The van der Waals surface area contributed by atoms with Crippen molar-refractivity contribution in [1.29, 1.82) is 0 Å². The largest absolute Gasteiger partial charge is 0.437 e. The average molecular weight is 572 g/mol. The highest BCUT2D eigenvalue weighted by molar-refractivity contribution is 6.10. The summed E-state index contributed by atoms with van der Waals surface area (Å²) in [6, 6.07) is 38.7. The Kier molecular flexibility index (Phi) is 6.12. The molecule has 4 heteroatoms. The molecule has 0 saturated heterocycles. The van der Waals surface area contributed by atoms with Crippen LogP contribution in [0.15, 0.2) is 114 Å². The lowest BCUT2D eigenvalue weighted by molar-refractivity contribution is 0.621. The number of benzene rings is 5. The van der Waals surface area contributed by atoms with Gasteiger partial charge in [-0.05, 0) is 90.2 Å². The van der Waals surface area contributed by atoms with Gasteiger partial charge in [0.25, 0.3) is 0 Å². The highest BCUT2D eigenvalue weighted by Gasteiger charge is 2.23. The number of hydrogen-bond acceptors (Lipinski definition) is 3. The first-order chi connectivity index (χ1) is 21.5. The van der Waals surface area contributed by atoms with E-state index in [0.29, 0.717) is 11.6 Å². The third-order valence-corrected chi connectivity index (χ3v) is 8.64. The van der Waals surface area contributed by atoms with Gasteiger partial charge in [-0.1, -0.05) is 86.6 Å². The van der Waals surface area contributed by atoms with Crippen LogP contribution in [0.4, 0.5) is 0 Å². The summed E-state index contributed by atoms with van der Waals surface area (Å²) in [6.45, 7) is 8.84. The van der Waals surface area contributed by atoms with Crippen molar-refractivity contribution in [1.82, 2.24) is 14.5 Å². The van der Waals surface area contributed by atoms with Crippen LogP contribution in [0.1, 0.15) is 30.7 Å². The second-order valence-electron chi connectivity index (χ2n) is 12.3. The standard InChI is InChI=1S/C40H33N3O/c1-24(2)21-30-18-19-33-32-15-10-16-34(38(32)44-40(33)41-30)39-42-35-20-17-28-13-8-9-14-31(28)37(35)43(39)36-25(3)22-29(23-26(36)4)27-11-6-5-7-12-27/h5-20,22-24H,21H2,1-4H3. The number of fused-ring (bicyclic) bond motifs is 6. The number of hydrogen-bond donors (Lipinski definition) is 0. The van der Waals surface area contributed by atoms with Crippen LogP contribution in [-0.2, 0) is 6.42 Å². The van der Waals surface area contributed by atoms with Crippen LogP contribution in [-0.4, -0.2) is 14.5 Å². The zero-order chi connectivity index (χ0) is 29.9. The van der Waals surface area contributed by atoms with Crippen molar-refractivity contribution in [2.75, 3.05) is 0 Å². The summed E-state index contributed by atoms with van der Waals surface area (Å²) in [7, 11) is 0. The molecule has 0 spiro atoms. The quantitative estimate of drug-likeness (QED) is 0.206. The lowest BCUT2D eigenvalue weighted by atomic mass is 9.98. The minimum atomic E-state index is 0.523. The Morgan fingerprint density at radius 3 is 2.23 bits per heavy atom. The van der Waals surface area contributed by atoms with E-state index in [-0.39, 0.29) is 0 Å². The van der Waals surface area contributed by atoms with E-state index >= 15 is 0 Å². The summed E-state index contributed by atoms with van der Waals surface area (Å²) in [5.74, 6) is 1.39. The first-order valence-electron chi connectivity index (χ1n) is 15.3. The molecule has 214 valence electrons. The molecule has 3 aromatic heterocycles. The number of aryl methyl sites for hydroxylation is 2. The lowest BCUT2D eigenvalue weighted by Gasteiger charge is -2.18. The molecule has 0 unspecified atom stereocenters. The van der Waals surface area contributed by atoms with E-state index in [9.17, 15) is 0 Å². The van der Waals surface area contributed by atoms with Crippen molar-refractivity contribution >= 4 is 43.9 Å². The van der Waals surface area contributed by atoms with E-state index in [2.05, 4.69) is 141 Å². The lowest BCUT2D eigenvalue weighted by Crippen LogP contribution is -2.04. The van der Waals surface area contributed by atoms with Crippen LogP contribution in [0.5, 0.6) is 0 Å². The van der Waals surface area contributed by atoms with E-state index in [4.69, 9.17) is 14.4 Å². The molecule has 0 atom stereocenters. The molecular weight excluding hydrogens is 538 g/mol. The molecule has 0 N–H and O–H groups in total. The SMILES string of the molecule is Cc1cc(-c2ccccc2)cc(C)c1-n1c(-c2cccc3c2oc2nc(CC(C)C)ccc23)nc2ccc3ccccc3c21. The zero-order valence-electron chi connectivity index (χ0n) is 25.4. The van der Waals surface area contributed by atoms with Crippen molar-refractivity contribution in [3.05, 3.63) is 126 Å². The Hall–Kier alpha value is -5.22. The maximum absolute atomic E-state index is 6.61. The molecule has 0 aliphatic rings. The molecule has 4 nitrogen and oxygen atoms in total. The molecule has 0 radical (unpaired) electrons. The summed E-state index contributed by atoms with van der Waals surface area (Å²) in [5, 5.41) is 4.44. The van der Waals surface area contributed by atoms with Gasteiger partial charge >= 0.3 is 0 Å². The average Bonchev–Trinajstić information content (AvgIpc) is 3.59. The normalized spacial score (nSPS) is 11.9. The van der Waals surface area contributed by atoms with Gasteiger partial charge < -0.3 is 4.42 Å². The maximum Gasteiger partial charge on any atom is 0.227 e. The monoisotopic (exact) mass is 571 g/mol. The molecule has 0 aliphatic carbocycles. The number of aromatic nitrogens is 3. The minimum Gasteiger partial charge on any atom is -0.437 e. The summed E-state index contributed by atoms with van der Waals surface area (Å²) in [4.78, 5) is 10.3. The molecule has 3 heterocycles. The molecule has 44 heavy (non-hydrogen) atoms. The van der Waals surface area contributed by atoms with Gasteiger partial charge in [0, 0.05) is 21.9 Å². The fraction of sp³-hybridized carbons (Fsp3) is 0.150. The first kappa shape index (κ1) is 26.4. The summed E-state index contributed by atoms with van der Waals surface area (Å²) < 4.78 is 8.97. The molecular formula is C40H33N3O. The van der Waals surface area contributed by atoms with Crippen LogP contribution in [0.2, 0.25) is 0 Å². The topological polar surface area (TPSA) is 43.9 Å². The number of furan rings is 1. The molecule has 0 fully saturated rings. The van der Waals surface area contributed by atoms with Crippen LogP contribution in [0.25, 0.3) is 72.1 Å². The Morgan fingerprint density at radius 2 is 1.43 bits per heavy atom. The van der Waals surface area contributed by atoms with Gasteiger partial charge in [0.1, 0.15) is 11.4 Å². The minimum absolute atomic E-state index is 0.523. The second kappa shape index (κ2) is 10.2. The third-order valence-electron chi connectivity index (χ3n) is 8.64. The van der Waals surface area contributed by atoms with Crippen LogP contribution < -0.4 is 0 Å². The van der Waals surface area contributed by atoms with Crippen molar-refractivity contribution in [3.63, 3.8) is 0 Å². The third kappa shape index (κ3) is 4.21. The van der Waals surface area contributed by atoms with Gasteiger partial charge in [-0.25, -0.2) is 9.97 Å². The molecule has 0 saturated carbocycles. The second-order valence-corrected chi connectivity index (χ2v) is 12.3. The smallest absolute Gasteiger partial charge is 0.227 e. The van der Waals surface area contributed by atoms with Crippen molar-refractivity contribution < 1.29 is 4.42 Å². The summed E-state index contributed by atoms with van der Waals surface area (Å²) in [5.41, 5.74) is 11.5. The van der Waals surface area contributed by atoms with Gasteiger partial charge in [0.05, 0.1) is 22.3 Å². The fourth-order valence-electron chi connectivity index (χ4n) is 6.77. The molecule has 0 aliphatic heterocycles. The zero-order valence-corrected chi connectivity index (χ0v) is 25.4. The molecule has 8 aromatic rings. The van der Waals surface area contributed by atoms with Gasteiger partial charge in [-0.2, -0.15) is 0 Å². The van der Waals surface area contributed by atoms with E-state index in [0.717, 1.165) is 56.6 Å². The van der Waals surface area contributed by atoms with Crippen LogP contribution in [0.3, 0.4) is 0 Å². The van der Waals surface area contributed by atoms with E-state index < -0.39 is 0 Å². The molecule has 8 rings (SSSR count). The molecule has 5 aromatic carbocycles. The number of para-hydroxylation sites is 1. The maximum atomic E-state index is 6.61. The Bertz CT molecular complexity index is 2340. The Morgan fingerprint density at radius 1 is 0.682 bits per heavy atom. The number of imidazole rings is 1. The summed E-state index contributed by atoms with van der Waals surface area (Å²) >= 11 is 0. The van der Waals surface area contributed by atoms with Crippen molar-refractivity contribution in [2.45, 2.75) is 34.1 Å². The van der Waals surface area contributed by atoms with Crippen LogP contribution >= 0.6 is 0 Å². The Balaban J connectivity index is 1.44. The Labute approximate surface area is 256 Å². The summed E-state index contributed by atoms with van der Waals surface area (Å²) in [6.07, 6.45) is 0.917. The predicted molar refractivity (Wildman–Crippen MR) is 183 cm³/mol. The highest BCUT2D eigenvalue weighted by atomic mass is 16.3. The first-order valence-corrected chi connectivity index (χ1v) is 15.3. The highest BCUT2D eigenvalue weighted by Crippen LogP contribution is 2.41. The van der Waals surface area contributed by atoms with Gasteiger partial charge in [0.15, 0.2) is 0 Å². The number of rotatable bonds is 5. The van der Waals surface area contributed by atoms with Gasteiger partial charge in [-0.3, -0.25) is 4.57 Å². The van der Waals surface area contributed by atoms with Crippen LogP contribution in [0, 0.1) is 19.8 Å². The van der Waals surface area contributed by atoms with Gasteiger partial charge in [0.2, 0.25) is 5.71 Å². The van der Waals surface area contributed by atoms with Crippen molar-refractivity contribution in [3.8, 4) is 28.2 Å². The van der Waals surface area contributed by atoms with E-state index in [1.807, 2.05) is 0 Å². The van der Waals surface area contributed by atoms with E-state index in [1.54, 1.807) is 0 Å². The number of nitrogens with zero attached hydrogens (tertiary/aromatic N) is 3. The molecule has 0 amide bonds.